The van der Waals surface area contributed by atoms with Gasteiger partial charge >= 0.3 is 0 Å². The van der Waals surface area contributed by atoms with Crippen molar-refractivity contribution in [2.24, 2.45) is 7.05 Å². The number of para-hydroxylation sites is 3. The molecule has 0 aliphatic heterocycles. The topological polar surface area (TPSA) is 35.9 Å². The van der Waals surface area contributed by atoms with E-state index in [0.717, 1.165) is 39.2 Å². The Morgan fingerprint density at radius 1 is 0.755 bits per heavy atom. The van der Waals surface area contributed by atoms with Crippen molar-refractivity contribution in [2.45, 2.75) is 91.9 Å². The molecule has 0 fully saturated rings. The van der Waals surface area contributed by atoms with Gasteiger partial charge in [-0.2, -0.15) is 11.6 Å². The van der Waals surface area contributed by atoms with Crippen LogP contribution in [0.1, 0.15) is 103 Å². The predicted molar refractivity (Wildman–Crippen MR) is 196 cm³/mol. The molecule has 6 aromatic rings. The molecular formula is C43H48N4OPt-2. The number of fused-ring (bicyclic) bond motifs is 1. The molecular weight excluding hydrogens is 784 g/mol. The van der Waals surface area contributed by atoms with E-state index in [1.54, 1.807) is 0 Å². The van der Waals surface area contributed by atoms with Crippen molar-refractivity contribution in [1.82, 2.24) is 14.1 Å². The number of nitrogens with zero attached hydrogens (tertiary/aromatic N) is 4. The summed E-state index contributed by atoms with van der Waals surface area (Å²) in [4.78, 5) is 5.29. The maximum absolute atomic E-state index is 6.74. The number of ether oxygens (including phenoxy) is 1. The molecule has 0 atom stereocenters. The van der Waals surface area contributed by atoms with Crippen LogP contribution in [0.25, 0.3) is 33.8 Å². The number of rotatable bonds is 7. The van der Waals surface area contributed by atoms with Gasteiger partial charge in [0.15, 0.2) is 0 Å². The van der Waals surface area contributed by atoms with Crippen LogP contribution in [-0.2, 0) is 38.9 Å². The predicted octanol–water partition coefficient (Wildman–Crippen LogP) is 10.3. The fraction of sp³-hybridized carbons (Fsp3) is 0.349. The second kappa shape index (κ2) is 13.8. The summed E-state index contributed by atoms with van der Waals surface area (Å²) < 4.78 is 12.9. The van der Waals surface area contributed by atoms with Crippen molar-refractivity contribution < 1.29 is 30.4 Å². The van der Waals surface area contributed by atoms with Crippen LogP contribution in [-0.4, -0.2) is 14.1 Å². The SMILES string of the molecule is CC(C)c1cccc(C(C)C)c1-n1c(-c2[c-]c(Oc3[c-]c(-[n+]4[c-]n(C)cc4)cc(C(C)(C)C)c3)cc(C(C)(C)C)c2)nc2ccccc21.[Pt]. The second-order valence-electron chi connectivity index (χ2n) is 15.6. The van der Waals surface area contributed by atoms with Crippen molar-refractivity contribution in [3.63, 3.8) is 0 Å². The summed E-state index contributed by atoms with van der Waals surface area (Å²) in [5, 5.41) is 0. The van der Waals surface area contributed by atoms with Crippen LogP contribution >= 0.6 is 0 Å². The van der Waals surface area contributed by atoms with Gasteiger partial charge in [-0.05, 0) is 45.9 Å². The second-order valence-corrected chi connectivity index (χ2v) is 15.6. The van der Waals surface area contributed by atoms with Crippen molar-refractivity contribution >= 4 is 11.0 Å². The van der Waals surface area contributed by atoms with Crippen LogP contribution in [0, 0.1) is 18.5 Å². The minimum absolute atomic E-state index is 0. The maximum atomic E-state index is 6.74. The van der Waals surface area contributed by atoms with E-state index in [-0.39, 0.29) is 31.9 Å². The van der Waals surface area contributed by atoms with Crippen LogP contribution in [0.5, 0.6) is 11.5 Å². The Morgan fingerprint density at radius 2 is 1.35 bits per heavy atom. The van der Waals surface area contributed by atoms with E-state index < -0.39 is 0 Å². The van der Waals surface area contributed by atoms with Gasteiger partial charge in [0.2, 0.25) is 6.33 Å². The summed E-state index contributed by atoms with van der Waals surface area (Å²) >= 11 is 0. The van der Waals surface area contributed by atoms with Gasteiger partial charge in [-0.25, -0.2) is 0 Å². The molecule has 49 heavy (non-hydrogen) atoms. The van der Waals surface area contributed by atoms with Crippen LogP contribution in [0.4, 0.5) is 0 Å². The zero-order valence-electron chi connectivity index (χ0n) is 30.7. The van der Waals surface area contributed by atoms with Gasteiger partial charge in [-0.3, -0.25) is 4.98 Å². The molecule has 0 N–H and O–H groups in total. The van der Waals surface area contributed by atoms with E-state index in [1.807, 2.05) is 28.6 Å². The van der Waals surface area contributed by atoms with Gasteiger partial charge in [-0.15, -0.1) is 29.3 Å². The van der Waals surface area contributed by atoms with Gasteiger partial charge < -0.3 is 18.4 Å². The fourth-order valence-corrected chi connectivity index (χ4v) is 6.16. The quantitative estimate of drug-likeness (QED) is 0.119. The third kappa shape index (κ3) is 7.48. The van der Waals surface area contributed by atoms with E-state index in [2.05, 4.69) is 159 Å². The smallest absolute Gasteiger partial charge is 0.241 e. The number of aromatic nitrogens is 4. The molecule has 6 heteroatoms. The molecule has 0 spiro atoms. The van der Waals surface area contributed by atoms with E-state index >= 15 is 0 Å². The summed E-state index contributed by atoms with van der Waals surface area (Å²) in [5.41, 5.74) is 9.64. The molecule has 0 unspecified atom stereocenters. The largest absolute Gasteiger partial charge is 0.504 e. The number of imidazole rings is 2. The molecule has 0 radical (unpaired) electrons. The Kier molecular flexibility index (Phi) is 10.2. The normalized spacial score (nSPS) is 12.2. The third-order valence-corrected chi connectivity index (χ3v) is 8.96. The standard InChI is InChI=1S/C43H48N4O.Pt/c1-28(2)36-15-14-16-37(29(3)4)40(36)47-39-18-13-12-17-38(39)44-41(47)30-21-31(42(5,6)7)24-34(22-30)48-35-25-32(43(8,9)10)23-33(26-35)46-20-19-45(11)27-46;/h12-21,23-25,28-29H,1-11H3;/q-2;. The Bertz CT molecular complexity index is 2080. The maximum Gasteiger partial charge on any atom is 0.241 e. The van der Waals surface area contributed by atoms with Crippen LogP contribution in [0.15, 0.2) is 79.1 Å². The molecule has 0 saturated carbocycles. The van der Waals surface area contributed by atoms with E-state index in [0.29, 0.717) is 23.3 Å². The monoisotopic (exact) mass is 831 g/mol. The van der Waals surface area contributed by atoms with E-state index in [4.69, 9.17) is 9.72 Å². The fourth-order valence-electron chi connectivity index (χ4n) is 6.16. The van der Waals surface area contributed by atoms with Crippen molar-refractivity contribution in [3.8, 4) is 34.3 Å². The van der Waals surface area contributed by atoms with E-state index in [1.165, 1.54) is 16.8 Å². The van der Waals surface area contributed by atoms with Gasteiger partial charge in [0, 0.05) is 50.6 Å². The van der Waals surface area contributed by atoms with Crippen molar-refractivity contribution in [2.75, 3.05) is 0 Å². The number of hydrogen-bond acceptors (Lipinski definition) is 2. The van der Waals surface area contributed by atoms with Gasteiger partial charge in [0.25, 0.3) is 0 Å². The Labute approximate surface area is 307 Å². The average Bonchev–Trinajstić information content (AvgIpc) is 3.63. The summed E-state index contributed by atoms with van der Waals surface area (Å²) in [7, 11) is 1.97. The molecule has 0 aliphatic rings. The number of hydrogen-bond donors (Lipinski definition) is 0. The minimum Gasteiger partial charge on any atom is -0.504 e. The Morgan fingerprint density at radius 3 is 1.92 bits per heavy atom. The first kappa shape index (κ1) is 36.3. The molecule has 2 aromatic heterocycles. The molecule has 0 bridgehead atoms. The molecule has 5 nitrogen and oxygen atoms in total. The van der Waals surface area contributed by atoms with Crippen LogP contribution in [0.2, 0.25) is 0 Å². The molecule has 6 rings (SSSR count). The molecule has 0 saturated heterocycles. The molecule has 258 valence electrons. The molecule has 4 aromatic carbocycles. The van der Waals surface area contributed by atoms with Crippen LogP contribution in [0.3, 0.4) is 0 Å². The van der Waals surface area contributed by atoms with Crippen molar-refractivity contribution in [1.29, 1.82) is 0 Å². The van der Waals surface area contributed by atoms with Crippen molar-refractivity contribution in [3.05, 3.63) is 120 Å². The van der Waals surface area contributed by atoms with E-state index in [9.17, 15) is 0 Å². The first-order chi connectivity index (χ1) is 22.6. The molecule has 2 heterocycles. The molecule has 0 amide bonds. The Hall–Kier alpha value is -3.95. The zero-order valence-corrected chi connectivity index (χ0v) is 32.9. The first-order valence-corrected chi connectivity index (χ1v) is 17.0. The van der Waals surface area contributed by atoms with Gasteiger partial charge in [0.1, 0.15) is 0 Å². The minimum atomic E-state index is -0.144. The third-order valence-electron chi connectivity index (χ3n) is 8.96. The summed E-state index contributed by atoms with van der Waals surface area (Å²) in [5.74, 6) is 2.78. The summed E-state index contributed by atoms with van der Waals surface area (Å²) in [6.07, 6.45) is 7.26. The van der Waals surface area contributed by atoms with Crippen LogP contribution < -0.4 is 9.30 Å². The van der Waals surface area contributed by atoms with Gasteiger partial charge in [-0.1, -0.05) is 117 Å². The number of aryl methyl sites for hydroxylation is 1. The first-order valence-electron chi connectivity index (χ1n) is 17.0. The average molecular weight is 832 g/mol. The Balaban J connectivity index is 0.00000468. The summed E-state index contributed by atoms with van der Waals surface area (Å²) in [6, 6.07) is 30.9. The molecule has 0 aliphatic carbocycles. The number of benzene rings is 4. The summed E-state index contributed by atoms with van der Waals surface area (Å²) in [6.45, 7) is 22.4. The zero-order chi connectivity index (χ0) is 34.5. The van der Waals surface area contributed by atoms with Gasteiger partial charge in [0.05, 0.1) is 23.9 Å².